The molecule has 0 bridgehead atoms. The molecule has 3 N–H and O–H groups in total. The van der Waals surface area contributed by atoms with Crippen LogP contribution in [0.15, 0.2) is 29.6 Å². The van der Waals surface area contributed by atoms with Gasteiger partial charge < -0.3 is 25.3 Å². The topological polar surface area (TPSA) is 99.9 Å². The lowest BCUT2D eigenvalue weighted by Gasteiger charge is -2.20. The molecule has 7 nitrogen and oxygen atoms in total. The maximum absolute atomic E-state index is 12.2. The third kappa shape index (κ3) is 4.59. The van der Waals surface area contributed by atoms with Gasteiger partial charge in [-0.05, 0) is 29.1 Å². The molecule has 1 aromatic heterocycles. The quantitative estimate of drug-likeness (QED) is 0.731. The minimum atomic E-state index is -0.699. The number of hydrogen-bond donors (Lipinski definition) is 2. The van der Waals surface area contributed by atoms with Gasteiger partial charge in [-0.2, -0.15) is 0 Å². The number of halogens is 1. The average Bonchev–Trinajstić information content (AvgIpc) is 3.14. The number of fused-ring (bicyclic) bond motifs is 1. The molecule has 1 aliphatic heterocycles. The lowest BCUT2D eigenvalue weighted by atomic mass is 10.1. The van der Waals surface area contributed by atoms with Gasteiger partial charge in [-0.15, -0.1) is 11.3 Å². The molecule has 0 unspecified atom stereocenters. The molecule has 2 heterocycles. The number of thiophene rings is 1. The first-order valence-corrected chi connectivity index (χ1v) is 9.11. The zero-order valence-electron chi connectivity index (χ0n) is 13.7. The summed E-state index contributed by atoms with van der Waals surface area (Å²) in [7, 11) is 0. The number of urea groups is 1. The Bertz CT molecular complexity index is 797. The standard InChI is InChI=1S/C17H17ClN2O5S/c18-11-6-10(7-13-16(11)24-4-3-23-13)9-25-15(21)8-12(20-17(19)22)14-2-1-5-26-14/h1-2,5-7,12H,3-4,8-9H2,(H3,19,20,22)/t12-/m1/s1. The maximum atomic E-state index is 12.2. The molecule has 0 aliphatic carbocycles. The summed E-state index contributed by atoms with van der Waals surface area (Å²) >= 11 is 7.59. The number of nitrogens with one attached hydrogen (secondary N) is 1. The fourth-order valence-corrected chi connectivity index (χ4v) is 3.59. The molecule has 2 aromatic rings. The molecule has 3 rings (SSSR count). The lowest BCUT2D eigenvalue weighted by Crippen LogP contribution is -2.34. The number of carbonyl (C=O) groups is 2. The zero-order valence-corrected chi connectivity index (χ0v) is 15.3. The van der Waals surface area contributed by atoms with Crippen LogP contribution in [0.2, 0.25) is 5.02 Å². The van der Waals surface area contributed by atoms with Crippen LogP contribution in [0.5, 0.6) is 11.5 Å². The Morgan fingerprint density at radius 2 is 2.15 bits per heavy atom. The second kappa shape index (κ2) is 8.29. The van der Waals surface area contributed by atoms with Crippen molar-refractivity contribution in [1.29, 1.82) is 0 Å². The highest BCUT2D eigenvalue weighted by Gasteiger charge is 2.20. The third-order valence-electron chi connectivity index (χ3n) is 3.63. The van der Waals surface area contributed by atoms with E-state index in [1.54, 1.807) is 12.1 Å². The van der Waals surface area contributed by atoms with Crippen LogP contribution < -0.4 is 20.5 Å². The highest BCUT2D eigenvalue weighted by molar-refractivity contribution is 7.10. The molecule has 0 spiro atoms. The molecule has 0 saturated heterocycles. The van der Waals surface area contributed by atoms with Crippen LogP contribution in [0.1, 0.15) is 22.9 Å². The first-order valence-electron chi connectivity index (χ1n) is 7.86. The summed E-state index contributed by atoms with van der Waals surface area (Å²) in [6, 6.07) is 5.82. The number of ether oxygens (including phenoxy) is 3. The van der Waals surface area contributed by atoms with E-state index in [-0.39, 0.29) is 13.0 Å². The van der Waals surface area contributed by atoms with Gasteiger partial charge in [0.05, 0.1) is 17.5 Å². The van der Waals surface area contributed by atoms with Crippen LogP contribution in [0, 0.1) is 0 Å². The van der Waals surface area contributed by atoms with Crippen LogP contribution in [-0.4, -0.2) is 25.2 Å². The summed E-state index contributed by atoms with van der Waals surface area (Å²) in [5, 5.41) is 4.81. The van der Waals surface area contributed by atoms with Crippen LogP contribution in [-0.2, 0) is 16.1 Å². The summed E-state index contributed by atoms with van der Waals surface area (Å²) in [6.07, 6.45) is -0.0261. The van der Waals surface area contributed by atoms with E-state index in [0.29, 0.717) is 35.3 Å². The van der Waals surface area contributed by atoms with Crippen molar-refractivity contribution in [2.24, 2.45) is 5.73 Å². The number of esters is 1. The van der Waals surface area contributed by atoms with E-state index in [2.05, 4.69) is 5.32 Å². The van der Waals surface area contributed by atoms with Crippen molar-refractivity contribution >= 4 is 34.9 Å². The Labute approximate surface area is 159 Å². The fourth-order valence-electron chi connectivity index (χ4n) is 2.52. The predicted octanol–water partition coefficient (Wildman–Crippen LogP) is 3.02. The molecule has 2 amide bonds. The molecule has 1 aliphatic rings. The Hall–Kier alpha value is -2.45. The molecule has 26 heavy (non-hydrogen) atoms. The van der Waals surface area contributed by atoms with Crippen LogP contribution >= 0.6 is 22.9 Å². The van der Waals surface area contributed by atoms with Gasteiger partial charge in [0.15, 0.2) is 11.5 Å². The molecular weight excluding hydrogens is 380 g/mol. The van der Waals surface area contributed by atoms with E-state index in [4.69, 9.17) is 31.5 Å². The van der Waals surface area contributed by atoms with E-state index >= 15 is 0 Å². The summed E-state index contributed by atoms with van der Waals surface area (Å²) in [5.74, 6) is 0.557. The molecule has 138 valence electrons. The largest absolute Gasteiger partial charge is 0.486 e. The number of amides is 2. The van der Waals surface area contributed by atoms with E-state index in [0.717, 1.165) is 4.88 Å². The Morgan fingerprint density at radius 3 is 2.88 bits per heavy atom. The maximum Gasteiger partial charge on any atom is 0.312 e. The van der Waals surface area contributed by atoms with E-state index in [9.17, 15) is 9.59 Å². The smallest absolute Gasteiger partial charge is 0.312 e. The highest BCUT2D eigenvalue weighted by Crippen LogP contribution is 2.38. The van der Waals surface area contributed by atoms with Gasteiger partial charge >= 0.3 is 12.0 Å². The normalized spacial score (nSPS) is 13.7. The van der Waals surface area contributed by atoms with Crippen LogP contribution in [0.3, 0.4) is 0 Å². The average molecular weight is 397 g/mol. The van der Waals surface area contributed by atoms with Crippen molar-refractivity contribution in [3.63, 3.8) is 0 Å². The van der Waals surface area contributed by atoms with Gasteiger partial charge in [-0.25, -0.2) is 4.79 Å². The fraction of sp³-hybridized carbons (Fsp3) is 0.294. The van der Waals surface area contributed by atoms with Crippen molar-refractivity contribution in [3.8, 4) is 11.5 Å². The SMILES string of the molecule is NC(=O)N[C@H](CC(=O)OCc1cc(Cl)c2c(c1)OCCO2)c1cccs1. The number of hydrogen-bond acceptors (Lipinski definition) is 6. The van der Waals surface area contributed by atoms with Crippen molar-refractivity contribution in [2.45, 2.75) is 19.1 Å². The first-order chi connectivity index (χ1) is 12.5. The number of nitrogens with two attached hydrogens (primary N) is 1. The first kappa shape index (κ1) is 18.3. The van der Waals surface area contributed by atoms with E-state index < -0.39 is 18.0 Å². The lowest BCUT2D eigenvalue weighted by molar-refractivity contribution is -0.145. The zero-order chi connectivity index (χ0) is 18.5. The highest BCUT2D eigenvalue weighted by atomic mass is 35.5. The van der Waals surface area contributed by atoms with E-state index in [1.807, 2.05) is 17.5 Å². The number of benzene rings is 1. The predicted molar refractivity (Wildman–Crippen MR) is 96.6 cm³/mol. The summed E-state index contributed by atoms with van der Waals surface area (Å²) in [5.41, 5.74) is 5.87. The second-order valence-corrected chi connectivity index (χ2v) is 6.93. The van der Waals surface area contributed by atoms with Crippen LogP contribution in [0.4, 0.5) is 4.79 Å². The van der Waals surface area contributed by atoms with Crippen molar-refractivity contribution in [2.75, 3.05) is 13.2 Å². The molecule has 1 atom stereocenters. The number of carbonyl (C=O) groups excluding carboxylic acids is 2. The number of rotatable bonds is 6. The van der Waals surface area contributed by atoms with Crippen molar-refractivity contribution < 1.29 is 23.8 Å². The summed E-state index contributed by atoms with van der Waals surface area (Å²) < 4.78 is 16.3. The van der Waals surface area contributed by atoms with Gasteiger partial charge in [0.2, 0.25) is 0 Å². The minimum absolute atomic E-state index is 0.0261. The van der Waals surface area contributed by atoms with Crippen molar-refractivity contribution in [1.82, 2.24) is 5.32 Å². The number of primary amides is 1. The molecule has 9 heteroatoms. The Kier molecular flexibility index (Phi) is 5.85. The van der Waals surface area contributed by atoms with Crippen molar-refractivity contribution in [3.05, 3.63) is 45.1 Å². The van der Waals surface area contributed by atoms with Gasteiger partial charge in [0.1, 0.15) is 19.8 Å². The summed E-state index contributed by atoms with van der Waals surface area (Å²) in [4.78, 5) is 24.2. The van der Waals surface area contributed by atoms with Crippen LogP contribution in [0.25, 0.3) is 0 Å². The summed E-state index contributed by atoms with van der Waals surface area (Å²) in [6.45, 7) is 0.912. The van der Waals surface area contributed by atoms with Gasteiger partial charge in [-0.3, -0.25) is 4.79 Å². The molecule has 0 fully saturated rings. The van der Waals surface area contributed by atoms with Gasteiger partial charge in [0, 0.05) is 4.88 Å². The molecule has 0 radical (unpaired) electrons. The van der Waals surface area contributed by atoms with Gasteiger partial charge in [0.25, 0.3) is 0 Å². The Morgan fingerprint density at radius 1 is 1.35 bits per heavy atom. The molecule has 1 aromatic carbocycles. The van der Waals surface area contributed by atoms with Gasteiger partial charge in [-0.1, -0.05) is 17.7 Å². The Balaban J connectivity index is 1.61. The third-order valence-corrected chi connectivity index (χ3v) is 4.90. The van der Waals surface area contributed by atoms with E-state index in [1.165, 1.54) is 11.3 Å². The molecular formula is C17H17ClN2O5S. The minimum Gasteiger partial charge on any atom is -0.486 e. The second-order valence-electron chi connectivity index (χ2n) is 5.54. The monoisotopic (exact) mass is 396 g/mol. The molecule has 0 saturated carbocycles.